The van der Waals surface area contributed by atoms with Crippen LogP contribution in [-0.2, 0) is 0 Å². The maximum absolute atomic E-state index is 12.9. The number of aromatic nitrogens is 1. The first-order valence-electron chi connectivity index (χ1n) is 10.8. The van der Waals surface area contributed by atoms with Crippen molar-refractivity contribution in [2.45, 2.75) is 0 Å². The Morgan fingerprint density at radius 2 is 1.50 bits per heavy atom. The number of hydrogen-bond donors (Lipinski definition) is 0. The number of ether oxygens (including phenoxy) is 2. The van der Waals surface area contributed by atoms with Crippen LogP contribution in [0.4, 0.5) is 0 Å². The second kappa shape index (κ2) is 9.10. The minimum absolute atomic E-state index is 0.0464. The van der Waals surface area contributed by atoms with Crippen LogP contribution in [0.2, 0.25) is 0 Å². The van der Waals surface area contributed by atoms with Crippen molar-refractivity contribution < 1.29 is 14.3 Å². The molecular formula is C27H19NO3S3. The van der Waals surface area contributed by atoms with Gasteiger partial charge in [-0.2, -0.15) is 0 Å². The maximum atomic E-state index is 12.9. The van der Waals surface area contributed by atoms with E-state index < -0.39 is 0 Å². The Morgan fingerprint density at radius 1 is 0.824 bits per heavy atom. The quantitative estimate of drug-likeness (QED) is 0.177. The van der Waals surface area contributed by atoms with Crippen LogP contribution in [0.15, 0.2) is 82.9 Å². The van der Waals surface area contributed by atoms with Crippen LogP contribution in [0, 0.1) is 0 Å². The second-order valence-electron chi connectivity index (χ2n) is 7.63. The predicted octanol–water partition coefficient (Wildman–Crippen LogP) is 7.66. The van der Waals surface area contributed by atoms with Crippen LogP contribution in [0.25, 0.3) is 32.9 Å². The number of carbonyl (C=O) groups excluding carboxylic acids is 1. The number of rotatable bonds is 6. The molecular weight excluding hydrogens is 483 g/mol. The van der Waals surface area contributed by atoms with Gasteiger partial charge in [0.05, 0.1) is 26.0 Å². The van der Waals surface area contributed by atoms with E-state index in [4.69, 9.17) is 9.47 Å². The van der Waals surface area contributed by atoms with E-state index in [0.29, 0.717) is 18.8 Å². The Kier molecular flexibility index (Phi) is 5.66. The lowest BCUT2D eigenvalue weighted by Crippen LogP contribution is -2.14. The van der Waals surface area contributed by atoms with Crippen molar-refractivity contribution in [1.82, 2.24) is 4.57 Å². The van der Waals surface area contributed by atoms with Gasteiger partial charge < -0.3 is 14.0 Å². The highest BCUT2D eigenvalue weighted by atomic mass is 32.1. The smallest absolute Gasteiger partial charge is 0.185 e. The van der Waals surface area contributed by atoms with E-state index in [-0.39, 0.29) is 5.78 Å². The number of carbonyl (C=O) groups is 1. The van der Waals surface area contributed by atoms with E-state index in [1.807, 2.05) is 35.7 Å². The molecule has 168 valence electrons. The summed E-state index contributed by atoms with van der Waals surface area (Å²) in [4.78, 5) is 16.2. The molecule has 5 aromatic rings. The molecule has 4 nitrogen and oxygen atoms in total. The molecule has 0 fully saturated rings. The lowest BCUT2D eigenvalue weighted by atomic mass is 10.1. The highest BCUT2D eigenvalue weighted by Gasteiger charge is 2.18. The average molecular weight is 502 g/mol. The average Bonchev–Trinajstić information content (AvgIpc) is 3.68. The van der Waals surface area contributed by atoms with Crippen LogP contribution < -0.4 is 9.47 Å². The molecule has 0 amide bonds. The van der Waals surface area contributed by atoms with Gasteiger partial charge in [0.1, 0.15) is 13.2 Å². The van der Waals surface area contributed by atoms with Gasteiger partial charge in [-0.3, -0.25) is 4.79 Å². The zero-order valence-electron chi connectivity index (χ0n) is 18.0. The number of fused-ring (bicyclic) bond motifs is 1. The Balaban J connectivity index is 1.30. The number of hydrogen-bond acceptors (Lipinski definition) is 6. The molecule has 0 bridgehead atoms. The summed E-state index contributed by atoms with van der Waals surface area (Å²) in [5.74, 6) is 1.43. The standard InChI is InChI=1S/C27H19NO3S3/c29-22(11-12-26-27-23(17-34-26)30-13-14-31-27)18-5-7-19(8-6-18)28-20(24-3-1-15-32-24)9-10-21(28)25-4-2-16-33-25/h1-12,15-17H,13-14H2. The van der Waals surface area contributed by atoms with Crippen molar-refractivity contribution in [1.29, 1.82) is 0 Å². The summed E-state index contributed by atoms with van der Waals surface area (Å²) >= 11 is 4.95. The number of allylic oxidation sites excluding steroid dienone is 1. The van der Waals surface area contributed by atoms with Crippen LogP contribution in [-0.4, -0.2) is 23.6 Å². The third-order valence-electron chi connectivity index (χ3n) is 5.55. The molecule has 1 aromatic carbocycles. The molecule has 7 heteroatoms. The van der Waals surface area contributed by atoms with Crippen molar-refractivity contribution in [2.75, 3.05) is 13.2 Å². The van der Waals surface area contributed by atoms with Crippen LogP contribution in [0.1, 0.15) is 15.2 Å². The second-order valence-corrected chi connectivity index (χ2v) is 10.4. The van der Waals surface area contributed by atoms with Gasteiger partial charge in [-0.15, -0.1) is 34.0 Å². The number of benzene rings is 1. The van der Waals surface area contributed by atoms with Gasteiger partial charge in [-0.05, 0) is 71.4 Å². The van der Waals surface area contributed by atoms with Crippen molar-refractivity contribution in [2.24, 2.45) is 0 Å². The minimum Gasteiger partial charge on any atom is -0.485 e. The number of thiophene rings is 3. The van der Waals surface area contributed by atoms with E-state index in [1.54, 1.807) is 28.7 Å². The maximum Gasteiger partial charge on any atom is 0.185 e. The lowest BCUT2D eigenvalue weighted by Gasteiger charge is -2.15. The summed E-state index contributed by atoms with van der Waals surface area (Å²) in [6.45, 7) is 1.09. The highest BCUT2D eigenvalue weighted by molar-refractivity contribution is 7.14. The zero-order chi connectivity index (χ0) is 22.9. The van der Waals surface area contributed by atoms with Gasteiger partial charge in [0.15, 0.2) is 17.3 Å². The van der Waals surface area contributed by atoms with Crippen LogP contribution in [0.3, 0.4) is 0 Å². The SMILES string of the molecule is O=C(C=Cc1scc2c1OCCO2)c1ccc(-n2c(-c3cccs3)ccc2-c2cccs2)cc1. The van der Waals surface area contributed by atoms with Crippen LogP contribution >= 0.6 is 34.0 Å². The van der Waals surface area contributed by atoms with Gasteiger partial charge in [-0.1, -0.05) is 12.1 Å². The van der Waals surface area contributed by atoms with Crippen LogP contribution in [0.5, 0.6) is 11.5 Å². The molecule has 0 unspecified atom stereocenters. The van der Waals surface area contributed by atoms with Gasteiger partial charge >= 0.3 is 0 Å². The zero-order valence-corrected chi connectivity index (χ0v) is 20.4. The fraction of sp³-hybridized carbons (Fsp3) is 0.0741. The highest BCUT2D eigenvalue weighted by Crippen LogP contribution is 2.40. The molecule has 0 aliphatic carbocycles. The van der Waals surface area contributed by atoms with E-state index in [1.165, 1.54) is 21.1 Å². The fourth-order valence-electron chi connectivity index (χ4n) is 3.97. The molecule has 0 spiro atoms. The Hall–Kier alpha value is -3.39. The molecule has 5 heterocycles. The molecule has 0 radical (unpaired) electrons. The summed E-state index contributed by atoms with van der Waals surface area (Å²) in [5, 5.41) is 6.10. The number of ketones is 1. The fourth-order valence-corrected chi connectivity index (χ4v) is 6.27. The molecule has 34 heavy (non-hydrogen) atoms. The van der Waals surface area contributed by atoms with Crippen molar-refractivity contribution in [3.63, 3.8) is 0 Å². The summed E-state index contributed by atoms with van der Waals surface area (Å²) in [5.41, 5.74) is 3.95. The minimum atomic E-state index is -0.0464. The van der Waals surface area contributed by atoms with Gasteiger partial charge in [-0.25, -0.2) is 0 Å². The molecule has 1 aliphatic heterocycles. The molecule has 0 atom stereocenters. The Bertz CT molecular complexity index is 1400. The molecule has 1 aliphatic rings. The van der Waals surface area contributed by atoms with Gasteiger partial charge in [0.2, 0.25) is 0 Å². The Morgan fingerprint density at radius 3 is 2.15 bits per heavy atom. The van der Waals surface area contributed by atoms with E-state index in [0.717, 1.165) is 33.5 Å². The van der Waals surface area contributed by atoms with Crippen molar-refractivity contribution in [3.8, 4) is 38.3 Å². The normalized spacial score (nSPS) is 12.9. The summed E-state index contributed by atoms with van der Waals surface area (Å²) in [7, 11) is 0. The van der Waals surface area contributed by atoms with Gasteiger partial charge in [0.25, 0.3) is 0 Å². The van der Waals surface area contributed by atoms with Crippen molar-refractivity contribution in [3.05, 3.63) is 93.3 Å². The Labute approximate surface area is 209 Å². The number of nitrogens with zero attached hydrogens (tertiary/aromatic N) is 1. The summed E-state index contributed by atoms with van der Waals surface area (Å²) in [6.07, 6.45) is 3.41. The first kappa shape index (κ1) is 21.2. The van der Waals surface area contributed by atoms with E-state index >= 15 is 0 Å². The molecule has 0 saturated carbocycles. The molecule has 4 aromatic heterocycles. The molecule has 6 rings (SSSR count). The first-order chi connectivity index (χ1) is 16.8. The topological polar surface area (TPSA) is 40.5 Å². The molecule has 0 saturated heterocycles. The third kappa shape index (κ3) is 3.92. The van der Waals surface area contributed by atoms with E-state index in [2.05, 4.69) is 51.7 Å². The summed E-state index contributed by atoms with van der Waals surface area (Å²) in [6, 6.07) is 20.5. The van der Waals surface area contributed by atoms with Crippen molar-refractivity contribution >= 4 is 45.9 Å². The van der Waals surface area contributed by atoms with E-state index in [9.17, 15) is 4.79 Å². The monoisotopic (exact) mass is 501 g/mol. The summed E-state index contributed by atoms with van der Waals surface area (Å²) < 4.78 is 13.5. The van der Waals surface area contributed by atoms with Gasteiger partial charge in [0, 0.05) is 16.6 Å². The lowest BCUT2D eigenvalue weighted by molar-refractivity contribution is 0.104. The predicted molar refractivity (Wildman–Crippen MR) is 141 cm³/mol. The first-order valence-corrected chi connectivity index (χ1v) is 13.4. The largest absolute Gasteiger partial charge is 0.485 e. The molecule has 0 N–H and O–H groups in total. The third-order valence-corrected chi connectivity index (χ3v) is 8.24.